The number of rotatable bonds is 4. The van der Waals surface area contributed by atoms with Gasteiger partial charge in [-0.25, -0.2) is 0 Å². The fourth-order valence-electron chi connectivity index (χ4n) is 2.38. The van der Waals surface area contributed by atoms with Gasteiger partial charge in [0.05, 0.1) is 0 Å². The van der Waals surface area contributed by atoms with Crippen LogP contribution in [0.2, 0.25) is 10.0 Å². The summed E-state index contributed by atoms with van der Waals surface area (Å²) < 4.78 is 0. The number of halogens is 2. The van der Waals surface area contributed by atoms with Crippen molar-refractivity contribution in [1.82, 2.24) is 0 Å². The maximum atomic E-state index is 6.05. The van der Waals surface area contributed by atoms with Gasteiger partial charge in [-0.3, -0.25) is 0 Å². The van der Waals surface area contributed by atoms with Gasteiger partial charge < -0.3 is 0 Å². The maximum Gasteiger partial charge on any atom is 0.0408 e. The molecule has 0 bridgehead atoms. The highest BCUT2D eigenvalue weighted by Gasteiger charge is 2.10. The summed E-state index contributed by atoms with van der Waals surface area (Å²) in [5.41, 5.74) is 3.99. The summed E-state index contributed by atoms with van der Waals surface area (Å²) >= 11 is 12.1. The van der Waals surface area contributed by atoms with Crippen molar-refractivity contribution >= 4 is 23.2 Å². The Morgan fingerprint density at radius 1 is 0.947 bits per heavy atom. The van der Waals surface area contributed by atoms with Crippen LogP contribution in [0.5, 0.6) is 0 Å². The van der Waals surface area contributed by atoms with E-state index < -0.39 is 0 Å². The van der Waals surface area contributed by atoms with Gasteiger partial charge in [0.25, 0.3) is 0 Å². The lowest BCUT2D eigenvalue weighted by Crippen LogP contribution is -2.01. The molecule has 2 heteroatoms. The van der Waals surface area contributed by atoms with E-state index in [2.05, 4.69) is 32.0 Å². The summed E-state index contributed by atoms with van der Waals surface area (Å²) in [6.45, 7) is 4.40. The van der Waals surface area contributed by atoms with E-state index >= 15 is 0 Å². The zero-order valence-corrected chi connectivity index (χ0v) is 12.8. The van der Waals surface area contributed by atoms with Crippen LogP contribution in [0.15, 0.2) is 42.5 Å². The average molecular weight is 293 g/mol. The van der Waals surface area contributed by atoms with Gasteiger partial charge in [0.1, 0.15) is 0 Å². The third-order valence-electron chi connectivity index (χ3n) is 3.49. The molecule has 0 spiro atoms. The van der Waals surface area contributed by atoms with Crippen LogP contribution in [0, 0.1) is 0 Å². The van der Waals surface area contributed by atoms with Crippen molar-refractivity contribution in [3.05, 3.63) is 69.2 Å². The molecule has 0 aliphatic carbocycles. The van der Waals surface area contributed by atoms with E-state index in [0.29, 0.717) is 5.92 Å². The predicted octanol–water partition coefficient (Wildman–Crippen LogP) is 5.90. The fourth-order valence-corrected chi connectivity index (χ4v) is 2.78. The average Bonchev–Trinajstić information content (AvgIpc) is 2.40. The van der Waals surface area contributed by atoms with Gasteiger partial charge in [0.2, 0.25) is 0 Å². The SMILES string of the molecule is CCc1cc(Cl)ccc1CC(C)c1cccc(Cl)c1. The summed E-state index contributed by atoms with van der Waals surface area (Å²) in [6, 6.07) is 14.3. The smallest absolute Gasteiger partial charge is 0.0408 e. The Labute approximate surface area is 125 Å². The Morgan fingerprint density at radius 2 is 1.68 bits per heavy atom. The van der Waals surface area contributed by atoms with E-state index in [1.165, 1.54) is 16.7 Å². The fraction of sp³-hybridized carbons (Fsp3) is 0.294. The monoisotopic (exact) mass is 292 g/mol. The second kappa shape index (κ2) is 6.45. The summed E-state index contributed by atoms with van der Waals surface area (Å²) in [7, 11) is 0. The first-order valence-corrected chi connectivity index (χ1v) is 7.38. The van der Waals surface area contributed by atoms with Crippen LogP contribution in [0.3, 0.4) is 0 Å². The lowest BCUT2D eigenvalue weighted by Gasteiger charge is -2.15. The molecule has 1 atom stereocenters. The molecule has 0 fully saturated rings. The molecule has 0 aromatic heterocycles. The minimum absolute atomic E-state index is 0.449. The van der Waals surface area contributed by atoms with Gasteiger partial charge in [0, 0.05) is 10.0 Å². The number of hydrogen-bond donors (Lipinski definition) is 0. The lowest BCUT2D eigenvalue weighted by molar-refractivity contribution is 0.752. The summed E-state index contributed by atoms with van der Waals surface area (Å²) in [5, 5.41) is 1.62. The standard InChI is InChI=1S/C17H18Cl2/c1-3-13-10-17(19)8-7-15(13)9-12(2)14-5-4-6-16(18)11-14/h4-8,10-12H,3,9H2,1-2H3. The number of aryl methyl sites for hydroxylation is 1. The molecule has 0 aliphatic heterocycles. The Balaban J connectivity index is 2.21. The minimum atomic E-state index is 0.449. The second-order valence-electron chi connectivity index (χ2n) is 4.93. The minimum Gasteiger partial charge on any atom is -0.0843 e. The Hall–Kier alpha value is -0.980. The summed E-state index contributed by atoms with van der Waals surface area (Å²) in [5.74, 6) is 0.449. The van der Waals surface area contributed by atoms with Crippen molar-refractivity contribution in [2.45, 2.75) is 32.6 Å². The van der Waals surface area contributed by atoms with Gasteiger partial charge in [-0.05, 0) is 59.7 Å². The van der Waals surface area contributed by atoms with Crippen molar-refractivity contribution < 1.29 is 0 Å². The van der Waals surface area contributed by atoms with E-state index in [1.807, 2.05) is 24.3 Å². The van der Waals surface area contributed by atoms with Crippen molar-refractivity contribution in [2.24, 2.45) is 0 Å². The van der Waals surface area contributed by atoms with Crippen molar-refractivity contribution in [3.8, 4) is 0 Å². The van der Waals surface area contributed by atoms with Crippen LogP contribution >= 0.6 is 23.2 Å². The second-order valence-corrected chi connectivity index (χ2v) is 5.80. The van der Waals surface area contributed by atoms with Crippen molar-refractivity contribution in [2.75, 3.05) is 0 Å². The van der Waals surface area contributed by atoms with Gasteiger partial charge in [-0.1, -0.05) is 55.2 Å². The summed E-state index contributed by atoms with van der Waals surface area (Å²) in [4.78, 5) is 0. The Kier molecular flexibility index (Phi) is 4.90. The molecule has 0 aliphatic rings. The predicted molar refractivity (Wildman–Crippen MR) is 84.4 cm³/mol. The van der Waals surface area contributed by atoms with Crippen LogP contribution in [-0.2, 0) is 12.8 Å². The third kappa shape index (κ3) is 3.75. The molecule has 100 valence electrons. The first-order chi connectivity index (χ1) is 9.10. The highest BCUT2D eigenvalue weighted by atomic mass is 35.5. The molecule has 0 nitrogen and oxygen atoms in total. The molecule has 19 heavy (non-hydrogen) atoms. The van der Waals surface area contributed by atoms with E-state index in [9.17, 15) is 0 Å². The molecule has 0 radical (unpaired) electrons. The Bertz CT molecular complexity index is 561. The molecule has 0 N–H and O–H groups in total. The van der Waals surface area contributed by atoms with E-state index in [4.69, 9.17) is 23.2 Å². The molecule has 1 unspecified atom stereocenters. The van der Waals surface area contributed by atoms with Gasteiger partial charge in [0.15, 0.2) is 0 Å². The zero-order valence-electron chi connectivity index (χ0n) is 11.3. The molecule has 0 amide bonds. The maximum absolute atomic E-state index is 6.05. The zero-order chi connectivity index (χ0) is 13.8. The van der Waals surface area contributed by atoms with Crippen LogP contribution in [0.1, 0.15) is 36.5 Å². The molecule has 2 rings (SSSR count). The molecule has 0 saturated heterocycles. The molecule has 2 aromatic rings. The Morgan fingerprint density at radius 3 is 2.37 bits per heavy atom. The lowest BCUT2D eigenvalue weighted by atomic mass is 9.91. The highest BCUT2D eigenvalue weighted by molar-refractivity contribution is 6.30. The molecule has 0 saturated carbocycles. The number of benzene rings is 2. The van der Waals surface area contributed by atoms with Crippen LogP contribution in [-0.4, -0.2) is 0 Å². The van der Waals surface area contributed by atoms with Crippen molar-refractivity contribution in [1.29, 1.82) is 0 Å². The first kappa shape index (κ1) is 14.4. The third-order valence-corrected chi connectivity index (χ3v) is 3.96. The summed E-state index contributed by atoms with van der Waals surface area (Å²) in [6.07, 6.45) is 2.03. The van der Waals surface area contributed by atoms with E-state index in [0.717, 1.165) is 22.9 Å². The van der Waals surface area contributed by atoms with E-state index in [-0.39, 0.29) is 0 Å². The van der Waals surface area contributed by atoms with E-state index in [1.54, 1.807) is 0 Å². The van der Waals surface area contributed by atoms with Gasteiger partial charge in [-0.15, -0.1) is 0 Å². The van der Waals surface area contributed by atoms with Crippen LogP contribution in [0.25, 0.3) is 0 Å². The quantitative estimate of drug-likeness (QED) is 0.658. The highest BCUT2D eigenvalue weighted by Crippen LogP contribution is 2.26. The molecule has 0 heterocycles. The van der Waals surface area contributed by atoms with Crippen molar-refractivity contribution in [3.63, 3.8) is 0 Å². The van der Waals surface area contributed by atoms with Crippen LogP contribution in [0.4, 0.5) is 0 Å². The normalized spacial score (nSPS) is 12.4. The van der Waals surface area contributed by atoms with Gasteiger partial charge >= 0.3 is 0 Å². The molecular formula is C17H18Cl2. The topological polar surface area (TPSA) is 0 Å². The largest absolute Gasteiger partial charge is 0.0843 e. The number of hydrogen-bond acceptors (Lipinski definition) is 0. The molecule has 2 aromatic carbocycles. The van der Waals surface area contributed by atoms with Gasteiger partial charge in [-0.2, -0.15) is 0 Å². The first-order valence-electron chi connectivity index (χ1n) is 6.63. The van der Waals surface area contributed by atoms with Crippen LogP contribution < -0.4 is 0 Å². The molecular weight excluding hydrogens is 275 g/mol.